The minimum absolute atomic E-state index is 0.0828. The van der Waals surface area contributed by atoms with Crippen LogP contribution in [-0.4, -0.2) is 44.6 Å². The van der Waals surface area contributed by atoms with Crippen LogP contribution in [0.15, 0.2) is 47.6 Å². The van der Waals surface area contributed by atoms with Crippen LogP contribution in [0.1, 0.15) is 38.8 Å². The van der Waals surface area contributed by atoms with Gasteiger partial charge in [-0.2, -0.15) is 0 Å². The summed E-state index contributed by atoms with van der Waals surface area (Å²) in [7, 11) is 0. The van der Waals surface area contributed by atoms with Crippen LogP contribution in [0.3, 0.4) is 0 Å². The number of hydrogen-bond acceptors (Lipinski definition) is 7. The molecule has 1 aliphatic rings. The van der Waals surface area contributed by atoms with Crippen molar-refractivity contribution in [3.8, 4) is 11.5 Å². The van der Waals surface area contributed by atoms with Crippen LogP contribution in [0.5, 0.6) is 11.5 Å². The number of carbonyl (C=O) groups is 1. The molecule has 0 saturated heterocycles. The van der Waals surface area contributed by atoms with Crippen LogP contribution in [0.2, 0.25) is 0 Å². The number of rotatable bonds is 7. The van der Waals surface area contributed by atoms with E-state index >= 15 is 0 Å². The Hall–Kier alpha value is -3.33. The van der Waals surface area contributed by atoms with Gasteiger partial charge in [-0.15, -0.1) is 10.2 Å². The number of ether oxygens (including phenoxy) is 2. The molecule has 0 aliphatic carbocycles. The van der Waals surface area contributed by atoms with Crippen LogP contribution < -0.4 is 14.8 Å². The number of nitrogens with zero attached hydrogens (tertiary/aromatic N) is 4. The van der Waals surface area contributed by atoms with Gasteiger partial charge in [0, 0.05) is 18.4 Å². The summed E-state index contributed by atoms with van der Waals surface area (Å²) in [4.78, 5) is 17.6. The lowest BCUT2D eigenvalue weighted by Crippen LogP contribution is -2.33. The van der Waals surface area contributed by atoms with Crippen molar-refractivity contribution in [2.24, 2.45) is 5.92 Å². The van der Waals surface area contributed by atoms with Gasteiger partial charge in [0.2, 0.25) is 11.1 Å². The fourth-order valence-electron chi connectivity index (χ4n) is 4.42. The molecule has 182 valence electrons. The second-order valence-electron chi connectivity index (χ2n) is 8.86. The molecule has 1 N–H and O–H groups in total. The minimum Gasteiger partial charge on any atom is -0.490 e. The van der Waals surface area contributed by atoms with Crippen molar-refractivity contribution in [2.75, 3.05) is 19.0 Å². The number of hydrogen-bond donors (Lipinski definition) is 1. The second-order valence-corrected chi connectivity index (χ2v) is 9.81. The van der Waals surface area contributed by atoms with E-state index in [-0.39, 0.29) is 23.6 Å². The van der Waals surface area contributed by atoms with Gasteiger partial charge >= 0.3 is 0 Å². The molecule has 0 radical (unpaired) electrons. The van der Waals surface area contributed by atoms with E-state index in [0.29, 0.717) is 18.4 Å². The van der Waals surface area contributed by atoms with E-state index in [1.807, 2.05) is 36.4 Å². The standard InChI is InChI=1S/C26H29N5O3S/c1-4-31-19-9-6-5-8-18(19)24-25(31)28-26(30-29-24)35-15-22(32)27-23(16(2)3)17-10-11-20-21(14-17)34-13-7-12-33-20/h5-6,8-11,14,16,23H,4,7,12-13,15H2,1-3H3,(H,27,32). The summed E-state index contributed by atoms with van der Waals surface area (Å²) in [5.41, 5.74) is 3.65. The largest absolute Gasteiger partial charge is 0.490 e. The molecule has 1 amide bonds. The van der Waals surface area contributed by atoms with E-state index < -0.39 is 0 Å². The molecule has 9 heteroatoms. The van der Waals surface area contributed by atoms with E-state index in [9.17, 15) is 4.79 Å². The third-order valence-electron chi connectivity index (χ3n) is 6.12. The molecule has 2 aromatic carbocycles. The number of carbonyl (C=O) groups excluding carboxylic acids is 1. The molecule has 0 fully saturated rings. The van der Waals surface area contributed by atoms with Gasteiger partial charge in [0.25, 0.3) is 0 Å². The number of amides is 1. The molecule has 3 heterocycles. The van der Waals surface area contributed by atoms with Gasteiger partial charge in [-0.3, -0.25) is 4.79 Å². The Bertz CT molecular complexity index is 1370. The van der Waals surface area contributed by atoms with Crippen molar-refractivity contribution in [1.82, 2.24) is 25.1 Å². The van der Waals surface area contributed by atoms with Crippen LogP contribution >= 0.6 is 11.8 Å². The summed E-state index contributed by atoms with van der Waals surface area (Å²) in [6, 6.07) is 13.8. The normalized spacial score (nSPS) is 14.3. The topological polar surface area (TPSA) is 91.2 Å². The fourth-order valence-corrected chi connectivity index (χ4v) is 5.02. The Labute approximate surface area is 208 Å². The average molecular weight is 492 g/mol. The Morgan fingerprint density at radius 3 is 2.71 bits per heavy atom. The zero-order valence-electron chi connectivity index (χ0n) is 20.2. The summed E-state index contributed by atoms with van der Waals surface area (Å²) in [6.07, 6.45) is 0.854. The lowest BCUT2D eigenvalue weighted by Gasteiger charge is -2.23. The summed E-state index contributed by atoms with van der Waals surface area (Å²) in [5.74, 6) is 1.80. The van der Waals surface area contributed by atoms with Crippen LogP contribution in [0, 0.1) is 5.92 Å². The molecule has 0 saturated carbocycles. The molecule has 1 aliphatic heterocycles. The quantitative estimate of drug-likeness (QED) is 0.373. The molecule has 0 bridgehead atoms. The molecule has 35 heavy (non-hydrogen) atoms. The molecule has 4 aromatic rings. The highest BCUT2D eigenvalue weighted by atomic mass is 32.2. The number of benzene rings is 2. The smallest absolute Gasteiger partial charge is 0.230 e. The Morgan fingerprint density at radius 1 is 1.11 bits per heavy atom. The Morgan fingerprint density at radius 2 is 1.91 bits per heavy atom. The van der Waals surface area contributed by atoms with Crippen molar-refractivity contribution in [3.63, 3.8) is 0 Å². The molecular weight excluding hydrogens is 462 g/mol. The van der Waals surface area contributed by atoms with Crippen LogP contribution in [0.25, 0.3) is 22.1 Å². The van der Waals surface area contributed by atoms with Gasteiger partial charge in [0.15, 0.2) is 17.1 Å². The lowest BCUT2D eigenvalue weighted by molar-refractivity contribution is -0.119. The Balaban J connectivity index is 1.30. The van der Waals surface area contributed by atoms with Gasteiger partial charge in [0.05, 0.1) is 30.5 Å². The predicted octanol–water partition coefficient (Wildman–Crippen LogP) is 4.77. The Kier molecular flexibility index (Phi) is 6.77. The molecule has 1 atom stereocenters. The second kappa shape index (κ2) is 10.1. The third-order valence-corrected chi connectivity index (χ3v) is 6.95. The zero-order chi connectivity index (χ0) is 24.4. The van der Waals surface area contributed by atoms with E-state index in [0.717, 1.165) is 52.1 Å². The lowest BCUT2D eigenvalue weighted by atomic mass is 9.95. The van der Waals surface area contributed by atoms with Crippen molar-refractivity contribution >= 4 is 39.7 Å². The first-order valence-electron chi connectivity index (χ1n) is 12.0. The molecule has 0 spiro atoms. The fraction of sp³-hybridized carbons (Fsp3) is 0.385. The highest BCUT2D eigenvalue weighted by Gasteiger charge is 2.22. The number of aryl methyl sites for hydroxylation is 1. The highest BCUT2D eigenvalue weighted by molar-refractivity contribution is 7.99. The van der Waals surface area contributed by atoms with Crippen LogP contribution in [0.4, 0.5) is 0 Å². The average Bonchev–Trinajstić information content (AvgIpc) is 3.00. The SMILES string of the molecule is CCn1c2ccccc2c2nnc(SCC(=O)NC(c3ccc4c(c3)OCCCO4)C(C)C)nc21. The molecule has 8 nitrogen and oxygen atoms in total. The number of para-hydroxylation sites is 1. The van der Waals surface area contributed by atoms with Crippen LogP contribution in [-0.2, 0) is 11.3 Å². The summed E-state index contributed by atoms with van der Waals surface area (Å²) in [5, 5.41) is 13.4. The molecular formula is C26H29N5O3S. The maximum Gasteiger partial charge on any atom is 0.230 e. The zero-order valence-corrected chi connectivity index (χ0v) is 21.0. The van der Waals surface area contributed by atoms with E-state index in [4.69, 9.17) is 14.5 Å². The number of nitrogens with one attached hydrogen (secondary N) is 1. The van der Waals surface area contributed by atoms with Crippen molar-refractivity contribution in [1.29, 1.82) is 0 Å². The first kappa shape index (κ1) is 23.4. The summed E-state index contributed by atoms with van der Waals surface area (Å²) < 4.78 is 13.7. The number of thioether (sulfide) groups is 1. The van der Waals surface area contributed by atoms with Crippen molar-refractivity contribution in [2.45, 2.75) is 44.9 Å². The van der Waals surface area contributed by atoms with E-state index in [1.54, 1.807) is 0 Å². The maximum atomic E-state index is 12.9. The first-order valence-corrected chi connectivity index (χ1v) is 13.0. The molecule has 1 unspecified atom stereocenters. The number of aromatic nitrogens is 4. The maximum absolute atomic E-state index is 12.9. The highest BCUT2D eigenvalue weighted by Crippen LogP contribution is 2.34. The van der Waals surface area contributed by atoms with Crippen molar-refractivity contribution in [3.05, 3.63) is 48.0 Å². The molecule has 5 rings (SSSR count). The summed E-state index contributed by atoms with van der Waals surface area (Å²) >= 11 is 1.29. The van der Waals surface area contributed by atoms with Crippen molar-refractivity contribution < 1.29 is 14.3 Å². The molecule has 2 aromatic heterocycles. The van der Waals surface area contributed by atoms with Gasteiger partial charge < -0.3 is 19.4 Å². The number of fused-ring (bicyclic) bond motifs is 4. The van der Waals surface area contributed by atoms with E-state index in [1.165, 1.54) is 11.8 Å². The minimum atomic E-state index is -0.149. The van der Waals surface area contributed by atoms with Gasteiger partial charge in [-0.25, -0.2) is 4.98 Å². The first-order chi connectivity index (χ1) is 17.0. The summed E-state index contributed by atoms with van der Waals surface area (Å²) in [6.45, 7) is 8.31. The monoisotopic (exact) mass is 491 g/mol. The van der Waals surface area contributed by atoms with E-state index in [2.05, 4.69) is 46.9 Å². The van der Waals surface area contributed by atoms with Gasteiger partial charge in [-0.05, 0) is 36.6 Å². The van der Waals surface area contributed by atoms with Gasteiger partial charge in [-0.1, -0.05) is 49.9 Å². The third kappa shape index (κ3) is 4.77. The predicted molar refractivity (Wildman–Crippen MR) is 137 cm³/mol. The van der Waals surface area contributed by atoms with Gasteiger partial charge in [0.1, 0.15) is 5.52 Å².